The quantitative estimate of drug-likeness (QED) is 0.551. The Hall–Kier alpha value is -0.0400. The second kappa shape index (κ2) is 3.08. The number of rotatable bonds is 4. The number of aliphatic hydroxyl groups is 1. The molecule has 1 heteroatoms. The van der Waals surface area contributed by atoms with Crippen molar-refractivity contribution in [3.8, 4) is 0 Å². The molecule has 1 nitrogen and oxygen atoms in total. The second-order valence-corrected chi connectivity index (χ2v) is 2.25. The fourth-order valence-corrected chi connectivity index (χ4v) is 0.740. The van der Waals surface area contributed by atoms with E-state index in [2.05, 4.69) is 0 Å². The van der Waals surface area contributed by atoms with E-state index in [4.69, 9.17) is 6.48 Å². The first kappa shape index (κ1) is 4.80. The zero-order chi connectivity index (χ0) is 6.69. The second-order valence-electron chi connectivity index (χ2n) is 2.25. The Bertz CT molecular complexity index is 85.0. The molecule has 1 N–H and O–H groups in total. The normalized spacial score (nSPS) is 30.1. The largest absolute Gasteiger partial charge is 0.396 e. The molecule has 0 aliphatic heterocycles. The molecule has 0 amide bonds. The van der Waals surface area contributed by atoms with Gasteiger partial charge in [-0.2, -0.15) is 0 Å². The third kappa shape index (κ3) is 2.31. The molecule has 0 aromatic heterocycles. The van der Waals surface area contributed by atoms with E-state index >= 15 is 0 Å². The highest BCUT2D eigenvalue weighted by Gasteiger charge is 2.20. The number of hydrogen-bond acceptors (Lipinski definition) is 1. The molecule has 1 saturated carbocycles. The highest BCUT2D eigenvalue weighted by Crippen LogP contribution is 2.36. The van der Waals surface area contributed by atoms with Gasteiger partial charge in [-0.05, 0) is 31.6 Å². The predicted octanol–water partition coefficient (Wildman–Crippen LogP) is 1.52. The molecule has 0 heterocycles. The van der Waals surface area contributed by atoms with E-state index < -0.39 is 0 Å². The summed E-state index contributed by atoms with van der Waals surface area (Å²) in [5.41, 5.74) is 0. The SMILES string of the molecule is [3H]C1C[C]1CCCCO. The van der Waals surface area contributed by atoms with E-state index in [-0.39, 0.29) is 6.40 Å². The molecule has 1 aliphatic carbocycles. The lowest BCUT2D eigenvalue weighted by Gasteiger charge is -1.91. The summed E-state index contributed by atoms with van der Waals surface area (Å²) in [5.74, 6) is 1.38. The first-order chi connectivity index (χ1) is 4.34. The Morgan fingerprint density at radius 1 is 1.62 bits per heavy atom. The van der Waals surface area contributed by atoms with E-state index in [9.17, 15) is 0 Å². The van der Waals surface area contributed by atoms with E-state index in [1.807, 2.05) is 0 Å². The molecule has 1 fully saturated rings. The molecule has 0 spiro atoms. The zero-order valence-electron chi connectivity index (χ0n) is 6.06. The van der Waals surface area contributed by atoms with Crippen LogP contribution in [0.15, 0.2) is 0 Å². The summed E-state index contributed by atoms with van der Waals surface area (Å²) in [5, 5.41) is 8.41. The summed E-state index contributed by atoms with van der Waals surface area (Å²) in [4.78, 5) is 0. The highest BCUT2D eigenvalue weighted by molar-refractivity contribution is 5.04. The van der Waals surface area contributed by atoms with Crippen LogP contribution in [0.5, 0.6) is 0 Å². The summed E-state index contributed by atoms with van der Waals surface area (Å²) in [6, 6.07) is 0. The van der Waals surface area contributed by atoms with E-state index in [0.29, 0.717) is 6.61 Å². The monoisotopic (exact) mass is 115 g/mol. The van der Waals surface area contributed by atoms with Crippen LogP contribution in [0.4, 0.5) is 0 Å². The van der Waals surface area contributed by atoms with Crippen LogP contribution >= 0.6 is 0 Å². The first-order valence-corrected chi connectivity index (χ1v) is 3.22. The van der Waals surface area contributed by atoms with E-state index in [1.54, 1.807) is 0 Å². The standard InChI is InChI=1S/C7H13O/c8-6-2-1-3-7-4-5-7/h8H,1-6H2/i4T. The molecule has 1 rings (SSSR count). The van der Waals surface area contributed by atoms with Gasteiger partial charge in [0.2, 0.25) is 0 Å². The molecular weight excluding hydrogens is 100 g/mol. The Balaban J connectivity index is 1.83. The van der Waals surface area contributed by atoms with Gasteiger partial charge in [0, 0.05) is 7.98 Å². The van der Waals surface area contributed by atoms with Crippen LogP contribution in [0.2, 0.25) is 0 Å². The lowest BCUT2D eigenvalue weighted by atomic mass is 10.2. The lowest BCUT2D eigenvalue weighted by Crippen LogP contribution is -1.82. The van der Waals surface area contributed by atoms with E-state index in [0.717, 1.165) is 25.7 Å². The van der Waals surface area contributed by atoms with Crippen LogP contribution in [0, 0.1) is 5.92 Å². The third-order valence-corrected chi connectivity index (χ3v) is 1.40. The van der Waals surface area contributed by atoms with Gasteiger partial charge in [0.05, 0.1) is 0 Å². The average Bonchev–Trinajstić information content (AvgIpc) is 2.48. The van der Waals surface area contributed by atoms with Gasteiger partial charge in [-0.25, -0.2) is 0 Å². The van der Waals surface area contributed by atoms with Crippen molar-refractivity contribution in [2.24, 2.45) is 0 Å². The van der Waals surface area contributed by atoms with Crippen molar-refractivity contribution in [2.45, 2.75) is 32.1 Å². The van der Waals surface area contributed by atoms with Crippen molar-refractivity contribution in [3.05, 3.63) is 5.92 Å². The third-order valence-electron chi connectivity index (χ3n) is 1.40. The minimum Gasteiger partial charge on any atom is -0.396 e. The maximum atomic E-state index is 8.41. The Kier molecular flexibility index (Phi) is 1.85. The van der Waals surface area contributed by atoms with Gasteiger partial charge in [0.1, 0.15) is 0 Å². The summed E-state index contributed by atoms with van der Waals surface area (Å²) >= 11 is 0. The summed E-state index contributed by atoms with van der Waals surface area (Å²) in [6.45, 7) is 0.302. The molecule has 0 aromatic rings. The fourth-order valence-electron chi connectivity index (χ4n) is 0.740. The van der Waals surface area contributed by atoms with Gasteiger partial charge < -0.3 is 5.11 Å². The molecule has 1 unspecified atom stereocenters. The summed E-state index contributed by atoms with van der Waals surface area (Å²) in [6.07, 6.45) is 4.22. The lowest BCUT2D eigenvalue weighted by molar-refractivity contribution is 0.284. The Labute approximate surface area is 52.1 Å². The summed E-state index contributed by atoms with van der Waals surface area (Å²) in [7, 11) is 0. The molecule has 1 aliphatic rings. The highest BCUT2D eigenvalue weighted by atomic mass is 16.2. The Morgan fingerprint density at radius 2 is 2.38 bits per heavy atom. The Morgan fingerprint density at radius 3 is 2.88 bits per heavy atom. The van der Waals surface area contributed by atoms with Crippen LogP contribution < -0.4 is 0 Å². The minimum atomic E-state index is 0.156. The molecule has 1 atom stereocenters. The van der Waals surface area contributed by atoms with Crippen LogP contribution in [0.3, 0.4) is 0 Å². The van der Waals surface area contributed by atoms with Gasteiger partial charge >= 0.3 is 0 Å². The smallest absolute Gasteiger partial charge is 0.0431 e. The predicted molar refractivity (Wildman–Crippen MR) is 33.4 cm³/mol. The van der Waals surface area contributed by atoms with Gasteiger partial charge in [-0.15, -0.1) is 0 Å². The number of aliphatic hydroxyl groups excluding tert-OH is 1. The molecule has 0 saturated heterocycles. The summed E-state index contributed by atoms with van der Waals surface area (Å²) < 4.78 is 7.19. The van der Waals surface area contributed by atoms with E-state index in [1.165, 1.54) is 5.92 Å². The van der Waals surface area contributed by atoms with Crippen molar-refractivity contribution < 1.29 is 6.48 Å². The van der Waals surface area contributed by atoms with Gasteiger partial charge in [0.25, 0.3) is 0 Å². The average molecular weight is 115 g/mol. The van der Waals surface area contributed by atoms with Crippen molar-refractivity contribution in [1.82, 2.24) is 0 Å². The maximum Gasteiger partial charge on any atom is 0.0431 e. The maximum absolute atomic E-state index is 8.41. The molecule has 0 bridgehead atoms. The van der Waals surface area contributed by atoms with Crippen molar-refractivity contribution in [3.63, 3.8) is 0 Å². The van der Waals surface area contributed by atoms with Gasteiger partial charge in [-0.1, -0.05) is 6.42 Å². The van der Waals surface area contributed by atoms with Crippen LogP contribution in [-0.2, 0) is 0 Å². The van der Waals surface area contributed by atoms with Crippen LogP contribution in [0.25, 0.3) is 0 Å². The van der Waals surface area contributed by atoms with Gasteiger partial charge in [-0.3, -0.25) is 0 Å². The zero-order valence-corrected chi connectivity index (χ0v) is 5.06. The minimum absolute atomic E-state index is 0.156. The van der Waals surface area contributed by atoms with Crippen molar-refractivity contribution >= 4 is 0 Å². The fraction of sp³-hybridized carbons (Fsp3) is 0.857. The van der Waals surface area contributed by atoms with Crippen molar-refractivity contribution in [1.29, 1.82) is 0 Å². The first-order valence-electron chi connectivity index (χ1n) is 3.80. The molecule has 8 heavy (non-hydrogen) atoms. The molecule has 1 radical (unpaired) electrons. The van der Waals surface area contributed by atoms with Crippen LogP contribution in [-0.4, -0.2) is 11.7 Å². The number of unbranched alkanes of at least 4 members (excludes halogenated alkanes) is 1. The molecular formula is C7H13O. The van der Waals surface area contributed by atoms with Crippen molar-refractivity contribution in [2.75, 3.05) is 6.61 Å². The molecule has 47 valence electrons. The molecule has 0 aromatic carbocycles. The van der Waals surface area contributed by atoms with Gasteiger partial charge in [0.15, 0.2) is 0 Å². The number of hydrogen-bond donors (Lipinski definition) is 1. The topological polar surface area (TPSA) is 20.2 Å². The van der Waals surface area contributed by atoms with Crippen LogP contribution in [0.1, 0.15) is 33.5 Å².